The van der Waals surface area contributed by atoms with Crippen molar-refractivity contribution in [2.24, 2.45) is 23.3 Å². The monoisotopic (exact) mass is 679 g/mol. The maximum Gasteiger partial charge on any atom is 0.404 e. The summed E-state index contributed by atoms with van der Waals surface area (Å²) < 4.78 is 23.9. The number of primary amides is 2. The molecule has 0 bridgehead atoms. The summed E-state index contributed by atoms with van der Waals surface area (Å²) in [6.45, 7) is 4.82. The molecule has 2 saturated carbocycles. The van der Waals surface area contributed by atoms with Crippen LogP contribution in [-0.4, -0.2) is 96.9 Å². The first-order chi connectivity index (χ1) is 23.9. The van der Waals surface area contributed by atoms with Crippen molar-refractivity contribution in [3.05, 3.63) is 29.8 Å². The van der Waals surface area contributed by atoms with Gasteiger partial charge in [-0.15, -0.1) is 0 Å². The lowest BCUT2D eigenvalue weighted by molar-refractivity contribution is -0.138. The van der Waals surface area contributed by atoms with Gasteiger partial charge in [-0.25, -0.2) is 9.78 Å². The van der Waals surface area contributed by atoms with E-state index in [2.05, 4.69) is 4.90 Å². The molecule has 4 aliphatic rings. The predicted molar refractivity (Wildman–Crippen MR) is 184 cm³/mol. The van der Waals surface area contributed by atoms with E-state index in [4.69, 9.17) is 35.4 Å². The van der Waals surface area contributed by atoms with Gasteiger partial charge < -0.3 is 35.3 Å². The number of morpholine rings is 1. The minimum atomic E-state index is -0.703. The van der Waals surface area contributed by atoms with Crippen molar-refractivity contribution < 1.29 is 33.3 Å². The molecule has 2 aromatic rings. The van der Waals surface area contributed by atoms with Crippen molar-refractivity contribution in [1.82, 2.24) is 14.8 Å². The molecule has 12 heteroatoms. The van der Waals surface area contributed by atoms with Crippen LogP contribution in [0.3, 0.4) is 0 Å². The van der Waals surface area contributed by atoms with Crippen molar-refractivity contribution in [3.8, 4) is 11.6 Å². The Labute approximate surface area is 289 Å². The van der Waals surface area contributed by atoms with Crippen LogP contribution in [0.2, 0.25) is 0 Å². The Hall–Kier alpha value is -3.64. The number of amides is 3. The number of nitrogens with two attached hydrogens (primary N) is 2. The fraction of sp³-hybridized carbons (Fsp3) is 0.676. The first kappa shape index (κ1) is 35.2. The Morgan fingerprint density at radius 1 is 0.980 bits per heavy atom. The summed E-state index contributed by atoms with van der Waals surface area (Å²) in [5.74, 6) is 1.51. The van der Waals surface area contributed by atoms with Crippen LogP contribution in [0.1, 0.15) is 82.6 Å². The van der Waals surface area contributed by atoms with E-state index in [1.165, 1.54) is 6.42 Å². The van der Waals surface area contributed by atoms with Crippen molar-refractivity contribution in [2.45, 2.75) is 102 Å². The molecular weight excluding hydrogens is 626 g/mol. The maximum absolute atomic E-state index is 13.5. The van der Waals surface area contributed by atoms with Crippen molar-refractivity contribution in [1.29, 1.82) is 0 Å². The Kier molecular flexibility index (Phi) is 12.1. The molecule has 268 valence electrons. The van der Waals surface area contributed by atoms with E-state index in [9.17, 15) is 14.4 Å². The molecule has 3 heterocycles. The van der Waals surface area contributed by atoms with Gasteiger partial charge in [0.05, 0.1) is 30.8 Å². The molecule has 4 atom stereocenters. The number of nitrogens with zero attached hydrogens (tertiary/aromatic N) is 3. The lowest BCUT2D eigenvalue weighted by Crippen LogP contribution is -2.44. The third-order valence-corrected chi connectivity index (χ3v) is 10.7. The number of carbonyl (C=O) groups is 3. The van der Waals surface area contributed by atoms with E-state index >= 15 is 0 Å². The molecule has 4 fully saturated rings. The summed E-state index contributed by atoms with van der Waals surface area (Å²) in [4.78, 5) is 46.1. The van der Waals surface area contributed by atoms with Gasteiger partial charge in [0.25, 0.3) is 0 Å². The largest absolute Gasteiger partial charge is 0.491 e. The third-order valence-electron chi connectivity index (χ3n) is 10.7. The predicted octanol–water partition coefficient (Wildman–Crippen LogP) is 4.34. The molecule has 2 aliphatic heterocycles. The topological polar surface area (TPSA) is 160 Å². The smallest absolute Gasteiger partial charge is 0.404 e. The molecule has 0 spiro atoms. The highest BCUT2D eigenvalue weighted by atomic mass is 16.6. The summed E-state index contributed by atoms with van der Waals surface area (Å²) in [6.07, 6.45) is 10.7. The number of rotatable bonds is 16. The molecule has 4 N–H and O–H groups in total. The summed E-state index contributed by atoms with van der Waals surface area (Å²) >= 11 is 0. The molecular formula is C37H53N5O7. The van der Waals surface area contributed by atoms with Crippen LogP contribution in [0.15, 0.2) is 24.3 Å². The summed E-state index contributed by atoms with van der Waals surface area (Å²) in [5.41, 5.74) is 12.7. The van der Waals surface area contributed by atoms with Crippen molar-refractivity contribution in [2.75, 3.05) is 46.0 Å². The average Bonchev–Trinajstić information content (AvgIpc) is 3.67. The standard InChI is InChI=1S/C37H53N5O7/c38-35(44)31-23-27(24-42(31)33(43)21-25-9-3-1-4-10-25)48-36-29(13-6-2-5-11-26-22-32(26)49-37(39)45)34(28-12-7-8-14-30(28)40-36)47-20-17-41-15-18-46-19-16-41/h7-8,12,14,25-27,31-32H,1-6,9-11,13,15-24H2,(H2,38,44)(H2,39,45)/t26-,27-,31+,32-/m1/s1. The normalized spacial score (nSPS) is 24.5. The number of para-hydroxylation sites is 1. The van der Waals surface area contributed by atoms with Gasteiger partial charge in [-0.2, -0.15) is 0 Å². The second-order valence-corrected chi connectivity index (χ2v) is 14.3. The second kappa shape index (κ2) is 16.8. The van der Waals surface area contributed by atoms with Gasteiger partial charge in [0.1, 0.15) is 30.6 Å². The number of likely N-dealkylation sites (tertiary alicyclic amines) is 1. The van der Waals surface area contributed by atoms with Gasteiger partial charge in [-0.05, 0) is 62.5 Å². The third kappa shape index (κ3) is 9.54. The van der Waals surface area contributed by atoms with Crippen LogP contribution < -0.4 is 20.9 Å². The molecule has 0 radical (unpaired) electrons. The summed E-state index contributed by atoms with van der Waals surface area (Å²) in [6, 6.07) is 7.25. The van der Waals surface area contributed by atoms with E-state index in [1.807, 2.05) is 24.3 Å². The van der Waals surface area contributed by atoms with Gasteiger partial charge in [-0.1, -0.05) is 44.2 Å². The minimum Gasteiger partial charge on any atom is -0.491 e. The molecule has 12 nitrogen and oxygen atoms in total. The zero-order chi connectivity index (χ0) is 34.2. The van der Waals surface area contributed by atoms with Crippen LogP contribution >= 0.6 is 0 Å². The lowest BCUT2D eigenvalue weighted by atomic mass is 9.86. The number of ether oxygens (including phenoxy) is 4. The van der Waals surface area contributed by atoms with Crippen molar-refractivity contribution >= 4 is 28.8 Å². The number of pyridine rings is 1. The Bertz CT molecular complexity index is 1440. The van der Waals surface area contributed by atoms with Crippen LogP contribution in [0.25, 0.3) is 10.9 Å². The van der Waals surface area contributed by atoms with Gasteiger partial charge in [0.2, 0.25) is 17.7 Å². The minimum absolute atomic E-state index is 0.0141. The number of carbonyl (C=O) groups excluding carboxylic acids is 3. The van der Waals surface area contributed by atoms with E-state index < -0.39 is 24.1 Å². The molecule has 49 heavy (non-hydrogen) atoms. The SMILES string of the molecule is NC(=O)O[C@@H]1C[C@H]1CCCCCc1c(O[C@@H]2C[C@@H](C(N)=O)N(C(=O)CC3CCCCC3)C2)nc2ccccc2c1OCCN1CCOCC1. The number of unbranched alkanes of at least 4 members (excludes halogenated alkanes) is 2. The van der Waals surface area contributed by atoms with Crippen LogP contribution in [0.4, 0.5) is 4.79 Å². The molecule has 3 amide bonds. The van der Waals surface area contributed by atoms with Crippen LogP contribution in [0, 0.1) is 11.8 Å². The van der Waals surface area contributed by atoms with Gasteiger partial charge in [0, 0.05) is 37.9 Å². The first-order valence-corrected chi connectivity index (χ1v) is 18.4. The second-order valence-electron chi connectivity index (χ2n) is 14.3. The van der Waals surface area contributed by atoms with Gasteiger partial charge >= 0.3 is 6.09 Å². The van der Waals surface area contributed by atoms with E-state index in [-0.39, 0.29) is 12.0 Å². The Morgan fingerprint density at radius 3 is 2.55 bits per heavy atom. The van der Waals surface area contributed by atoms with Crippen molar-refractivity contribution in [3.63, 3.8) is 0 Å². The number of aromatic nitrogens is 1. The first-order valence-electron chi connectivity index (χ1n) is 18.4. The molecule has 2 saturated heterocycles. The molecule has 0 unspecified atom stereocenters. The van der Waals surface area contributed by atoms with Gasteiger partial charge in [-0.3, -0.25) is 14.5 Å². The quantitative estimate of drug-likeness (QED) is 0.246. The Morgan fingerprint density at radius 2 is 1.78 bits per heavy atom. The van der Waals surface area contributed by atoms with E-state index in [0.29, 0.717) is 50.1 Å². The zero-order valence-corrected chi connectivity index (χ0v) is 28.7. The van der Waals surface area contributed by atoms with E-state index in [0.717, 1.165) is 113 Å². The van der Waals surface area contributed by atoms with Crippen LogP contribution in [-0.2, 0) is 25.5 Å². The number of fused-ring (bicyclic) bond motifs is 1. The highest BCUT2D eigenvalue weighted by molar-refractivity contribution is 5.88. The molecule has 1 aromatic heterocycles. The highest BCUT2D eigenvalue weighted by Gasteiger charge is 2.41. The highest BCUT2D eigenvalue weighted by Crippen LogP contribution is 2.40. The fourth-order valence-electron chi connectivity index (χ4n) is 7.83. The lowest BCUT2D eigenvalue weighted by Gasteiger charge is -2.27. The summed E-state index contributed by atoms with van der Waals surface area (Å²) in [5, 5.41) is 0.932. The summed E-state index contributed by atoms with van der Waals surface area (Å²) in [7, 11) is 0. The molecule has 6 rings (SSSR count). The number of hydrogen-bond acceptors (Lipinski definition) is 9. The van der Waals surface area contributed by atoms with E-state index in [1.54, 1.807) is 4.90 Å². The molecule has 2 aliphatic carbocycles. The maximum atomic E-state index is 13.5. The fourth-order valence-corrected chi connectivity index (χ4v) is 7.83. The zero-order valence-electron chi connectivity index (χ0n) is 28.7. The number of hydrogen-bond donors (Lipinski definition) is 2. The Balaban J connectivity index is 1.18. The van der Waals surface area contributed by atoms with Crippen LogP contribution in [0.5, 0.6) is 11.6 Å². The van der Waals surface area contributed by atoms with Gasteiger partial charge in [0.15, 0.2) is 0 Å². The average molecular weight is 680 g/mol. The molecule has 1 aromatic carbocycles. The number of benzene rings is 1.